The molecule has 3 N–H and O–H groups in total. The molecule has 2 heterocycles. The van der Waals surface area contributed by atoms with E-state index in [9.17, 15) is 23.3 Å². The molecule has 0 aliphatic carbocycles. The molecule has 0 unspecified atom stereocenters. The number of hydrogen-bond donors (Lipinski definition) is 3. The van der Waals surface area contributed by atoms with Gasteiger partial charge in [-0.15, -0.1) is 0 Å². The number of aromatic nitrogens is 3. The summed E-state index contributed by atoms with van der Waals surface area (Å²) in [6.45, 7) is 0.448. The standard InChI is InChI=1S/C26H28F3N7O4/c1-30-20-11-21(40-5)23(16(8-9-35(2)3)24(20)36(37)38)34-25-32-13-18(26(27,28)29)22(33-25)17-12-31-19-10-14(39-4)6-7-15(17)19/h6-7,10-13,30-31H,8-9H2,1-5H3,(H,32,33,34). The molecule has 0 saturated heterocycles. The first-order chi connectivity index (χ1) is 19.0. The lowest BCUT2D eigenvalue weighted by Gasteiger charge is -2.19. The van der Waals surface area contributed by atoms with E-state index in [1.54, 1.807) is 25.2 Å². The number of nitrogens with zero attached hydrogens (tertiary/aromatic N) is 4. The highest BCUT2D eigenvalue weighted by Gasteiger charge is 2.36. The zero-order valence-electron chi connectivity index (χ0n) is 22.4. The average Bonchev–Trinajstić information content (AvgIpc) is 3.34. The number of halogens is 3. The van der Waals surface area contributed by atoms with E-state index in [0.717, 1.165) is 0 Å². The van der Waals surface area contributed by atoms with Crippen molar-refractivity contribution in [2.75, 3.05) is 52.5 Å². The van der Waals surface area contributed by atoms with Gasteiger partial charge >= 0.3 is 6.18 Å². The Morgan fingerprint density at radius 3 is 2.52 bits per heavy atom. The highest BCUT2D eigenvalue weighted by molar-refractivity contribution is 5.96. The molecule has 4 rings (SSSR count). The van der Waals surface area contributed by atoms with Crippen molar-refractivity contribution in [3.05, 3.63) is 57.9 Å². The number of methoxy groups -OCH3 is 2. The van der Waals surface area contributed by atoms with Gasteiger partial charge < -0.3 is 30.0 Å². The lowest BCUT2D eigenvalue weighted by Crippen LogP contribution is -2.17. The van der Waals surface area contributed by atoms with Gasteiger partial charge in [-0.25, -0.2) is 9.97 Å². The van der Waals surface area contributed by atoms with Crippen LogP contribution in [0, 0.1) is 10.1 Å². The molecule has 4 aromatic rings. The van der Waals surface area contributed by atoms with Gasteiger partial charge in [0.15, 0.2) is 0 Å². The van der Waals surface area contributed by atoms with Crippen LogP contribution in [0.1, 0.15) is 11.1 Å². The topological polar surface area (TPSA) is 130 Å². The lowest BCUT2D eigenvalue weighted by atomic mass is 10.0. The minimum atomic E-state index is -4.74. The second-order valence-corrected chi connectivity index (χ2v) is 9.08. The summed E-state index contributed by atoms with van der Waals surface area (Å²) in [6.07, 6.45) is -2.39. The Kier molecular flexibility index (Phi) is 8.00. The summed E-state index contributed by atoms with van der Waals surface area (Å²) in [6, 6.07) is 6.38. The quantitative estimate of drug-likeness (QED) is 0.171. The Morgan fingerprint density at radius 2 is 1.93 bits per heavy atom. The Balaban J connectivity index is 1.91. The van der Waals surface area contributed by atoms with E-state index in [0.29, 0.717) is 29.4 Å². The number of nitrogens with one attached hydrogen (secondary N) is 3. The summed E-state index contributed by atoms with van der Waals surface area (Å²) >= 11 is 0. The first kappa shape index (κ1) is 28.4. The maximum Gasteiger partial charge on any atom is 0.419 e. The number of anilines is 3. The van der Waals surface area contributed by atoms with Gasteiger partial charge in [0.05, 0.1) is 36.1 Å². The number of likely N-dealkylation sites (N-methyl/N-ethyl adjacent to an activating group) is 1. The second kappa shape index (κ2) is 11.3. The van der Waals surface area contributed by atoms with E-state index in [2.05, 4.69) is 25.6 Å². The number of aromatic amines is 1. The molecule has 0 aliphatic heterocycles. The van der Waals surface area contributed by atoms with E-state index in [4.69, 9.17) is 9.47 Å². The van der Waals surface area contributed by atoms with Crippen molar-refractivity contribution >= 4 is 33.9 Å². The van der Waals surface area contributed by atoms with Crippen molar-refractivity contribution < 1.29 is 27.6 Å². The van der Waals surface area contributed by atoms with E-state index in [-0.39, 0.29) is 52.0 Å². The third-order valence-electron chi connectivity index (χ3n) is 6.32. The number of rotatable bonds is 10. The molecular weight excluding hydrogens is 531 g/mol. The molecule has 0 fully saturated rings. The number of nitro benzene ring substituents is 1. The molecule has 2 aromatic carbocycles. The molecule has 0 amide bonds. The summed E-state index contributed by atoms with van der Waals surface area (Å²) < 4.78 is 52.9. The summed E-state index contributed by atoms with van der Waals surface area (Å²) in [5.41, 5.74) is -0.137. The van der Waals surface area contributed by atoms with Gasteiger partial charge in [0.25, 0.3) is 5.69 Å². The van der Waals surface area contributed by atoms with Crippen molar-refractivity contribution in [3.63, 3.8) is 0 Å². The number of H-pyrrole nitrogens is 1. The number of nitro groups is 1. The number of alkyl halides is 3. The smallest absolute Gasteiger partial charge is 0.419 e. The summed E-state index contributed by atoms with van der Waals surface area (Å²) in [5.74, 6) is 0.570. The Hall–Kier alpha value is -4.59. The molecule has 2 aromatic heterocycles. The number of fused-ring (bicyclic) bond motifs is 1. The SMILES string of the molecule is CNc1cc(OC)c(Nc2ncc(C(F)(F)F)c(-c3c[nH]c4cc(OC)ccc34)n2)c(CCN(C)C)c1[N+](=O)[O-]. The third kappa shape index (κ3) is 5.57. The fourth-order valence-electron chi connectivity index (χ4n) is 4.37. The normalized spacial score (nSPS) is 11.6. The monoisotopic (exact) mass is 559 g/mol. The predicted molar refractivity (Wildman–Crippen MR) is 146 cm³/mol. The lowest BCUT2D eigenvalue weighted by molar-refractivity contribution is -0.384. The first-order valence-electron chi connectivity index (χ1n) is 12.1. The number of benzene rings is 2. The van der Waals surface area contributed by atoms with Crippen LogP contribution in [0.3, 0.4) is 0 Å². The van der Waals surface area contributed by atoms with E-state index < -0.39 is 16.7 Å². The van der Waals surface area contributed by atoms with Crippen LogP contribution in [-0.4, -0.2) is 66.7 Å². The molecule has 14 heteroatoms. The summed E-state index contributed by atoms with van der Waals surface area (Å²) in [4.78, 5) is 24.6. The van der Waals surface area contributed by atoms with Crippen LogP contribution in [0.25, 0.3) is 22.2 Å². The Labute approximate surface area is 227 Å². The maximum atomic E-state index is 14.1. The maximum absolute atomic E-state index is 14.1. The molecule has 40 heavy (non-hydrogen) atoms. The molecule has 0 bridgehead atoms. The zero-order valence-corrected chi connectivity index (χ0v) is 22.4. The van der Waals surface area contributed by atoms with Gasteiger partial charge in [0, 0.05) is 54.6 Å². The molecule has 11 nitrogen and oxygen atoms in total. The van der Waals surface area contributed by atoms with Gasteiger partial charge in [-0.3, -0.25) is 10.1 Å². The van der Waals surface area contributed by atoms with Crippen LogP contribution in [0.4, 0.5) is 36.2 Å². The highest BCUT2D eigenvalue weighted by Crippen LogP contribution is 2.44. The molecule has 0 aliphatic rings. The fourth-order valence-corrected chi connectivity index (χ4v) is 4.37. The molecule has 0 radical (unpaired) electrons. The minimum Gasteiger partial charge on any atom is -0.497 e. The van der Waals surface area contributed by atoms with Crippen LogP contribution in [0.2, 0.25) is 0 Å². The van der Waals surface area contributed by atoms with Gasteiger partial charge in [-0.2, -0.15) is 13.2 Å². The molecular formula is C26H28F3N7O4. The zero-order chi connectivity index (χ0) is 29.2. The molecule has 0 atom stereocenters. The second-order valence-electron chi connectivity index (χ2n) is 9.08. The highest BCUT2D eigenvalue weighted by atomic mass is 19.4. The molecule has 0 saturated carbocycles. The van der Waals surface area contributed by atoms with E-state index >= 15 is 0 Å². The van der Waals surface area contributed by atoms with E-state index in [1.807, 2.05) is 19.0 Å². The van der Waals surface area contributed by atoms with Crippen molar-refractivity contribution in [3.8, 4) is 22.8 Å². The van der Waals surface area contributed by atoms with Crippen molar-refractivity contribution in [1.82, 2.24) is 19.9 Å². The van der Waals surface area contributed by atoms with Crippen molar-refractivity contribution in [2.24, 2.45) is 0 Å². The molecule has 0 spiro atoms. The largest absolute Gasteiger partial charge is 0.497 e. The van der Waals surface area contributed by atoms with Gasteiger partial charge in [-0.1, -0.05) is 0 Å². The predicted octanol–water partition coefficient (Wildman–Crippen LogP) is 5.46. The fraction of sp³-hybridized carbons (Fsp3) is 0.308. The third-order valence-corrected chi connectivity index (χ3v) is 6.32. The van der Waals surface area contributed by atoms with Gasteiger partial charge in [0.1, 0.15) is 22.7 Å². The Morgan fingerprint density at radius 1 is 1.18 bits per heavy atom. The van der Waals surface area contributed by atoms with Crippen LogP contribution in [0.15, 0.2) is 36.7 Å². The van der Waals surface area contributed by atoms with Crippen LogP contribution in [0.5, 0.6) is 11.5 Å². The number of hydrogen-bond acceptors (Lipinski definition) is 9. The first-order valence-corrected chi connectivity index (χ1v) is 12.1. The summed E-state index contributed by atoms with van der Waals surface area (Å²) in [7, 11) is 8.07. The van der Waals surface area contributed by atoms with Crippen LogP contribution < -0.4 is 20.1 Å². The Bertz CT molecular complexity index is 1550. The van der Waals surface area contributed by atoms with Crippen LogP contribution >= 0.6 is 0 Å². The van der Waals surface area contributed by atoms with Crippen molar-refractivity contribution in [2.45, 2.75) is 12.6 Å². The van der Waals surface area contributed by atoms with Gasteiger partial charge in [0.2, 0.25) is 5.95 Å². The van der Waals surface area contributed by atoms with Crippen molar-refractivity contribution in [1.29, 1.82) is 0 Å². The van der Waals surface area contributed by atoms with Gasteiger partial charge in [-0.05, 0) is 32.6 Å². The van der Waals surface area contributed by atoms with Crippen LogP contribution in [-0.2, 0) is 12.6 Å². The van der Waals surface area contributed by atoms with E-state index in [1.165, 1.54) is 26.5 Å². The molecule has 212 valence electrons. The minimum absolute atomic E-state index is 0.185. The summed E-state index contributed by atoms with van der Waals surface area (Å²) in [5, 5.41) is 18.3. The average molecular weight is 560 g/mol. The number of ether oxygens (including phenoxy) is 2.